The third-order valence-corrected chi connectivity index (χ3v) is 5.27. The highest BCUT2D eigenvalue weighted by Crippen LogP contribution is 2.28. The van der Waals surface area contributed by atoms with Gasteiger partial charge in [0, 0.05) is 17.2 Å². The molecule has 3 rings (SSSR count). The van der Waals surface area contributed by atoms with Crippen LogP contribution in [0, 0.1) is 5.82 Å². The highest BCUT2D eigenvalue weighted by atomic mass is 79.9. The minimum atomic E-state index is -1.45. The molecule has 1 aliphatic heterocycles. The van der Waals surface area contributed by atoms with Gasteiger partial charge in [-0.1, -0.05) is 15.9 Å². The Balaban J connectivity index is 1.97. The summed E-state index contributed by atoms with van der Waals surface area (Å²) in [6.45, 7) is 7.23. The lowest BCUT2D eigenvalue weighted by atomic mass is 10.0. The molecule has 0 saturated carbocycles. The van der Waals surface area contributed by atoms with E-state index in [1.807, 2.05) is 0 Å². The van der Waals surface area contributed by atoms with Gasteiger partial charge in [0.15, 0.2) is 5.78 Å². The number of hydrogen-bond acceptors (Lipinski definition) is 6. The number of fused-ring (bicyclic) bond motifs is 1. The third-order valence-electron chi connectivity index (χ3n) is 4.81. The molecule has 1 fully saturated rings. The minimum Gasteiger partial charge on any atom is -0.464 e. The van der Waals surface area contributed by atoms with Gasteiger partial charge in [-0.15, -0.1) is 0 Å². The van der Waals surface area contributed by atoms with Crippen molar-refractivity contribution < 1.29 is 28.2 Å². The fourth-order valence-electron chi connectivity index (χ4n) is 3.56. The summed E-state index contributed by atoms with van der Waals surface area (Å²) in [5.74, 6) is -1.90. The summed E-state index contributed by atoms with van der Waals surface area (Å²) in [7, 11) is 0. The van der Waals surface area contributed by atoms with Crippen molar-refractivity contribution in [1.82, 2.24) is 14.7 Å². The van der Waals surface area contributed by atoms with Gasteiger partial charge >= 0.3 is 12.1 Å². The Hall–Kier alpha value is -2.49. The summed E-state index contributed by atoms with van der Waals surface area (Å²) in [5.41, 5.74) is -0.442. The quantitative estimate of drug-likeness (QED) is 0.457. The van der Waals surface area contributed by atoms with Crippen LogP contribution < -0.4 is 0 Å². The monoisotopic (exact) mass is 497 g/mol. The summed E-state index contributed by atoms with van der Waals surface area (Å²) in [4.78, 5) is 40.1. The molecule has 1 amide bonds. The zero-order chi connectivity index (χ0) is 22.9. The van der Waals surface area contributed by atoms with Gasteiger partial charge in [-0.05, 0) is 52.7 Å². The van der Waals surface area contributed by atoms with Crippen LogP contribution in [0.4, 0.5) is 9.18 Å². The van der Waals surface area contributed by atoms with E-state index in [2.05, 4.69) is 21.0 Å². The van der Waals surface area contributed by atoms with Crippen molar-refractivity contribution in [1.29, 1.82) is 0 Å². The van der Waals surface area contributed by atoms with Crippen LogP contribution in [-0.2, 0) is 19.1 Å². The van der Waals surface area contributed by atoms with Crippen LogP contribution in [-0.4, -0.2) is 57.3 Å². The minimum absolute atomic E-state index is 0.0593. The fourth-order valence-corrected chi connectivity index (χ4v) is 3.98. The number of benzene rings is 1. The molecule has 0 spiro atoms. The number of carbonyl (C=O) groups is 3. The Bertz CT molecular complexity index is 1020. The van der Waals surface area contributed by atoms with Crippen molar-refractivity contribution in [3.63, 3.8) is 0 Å². The Morgan fingerprint density at radius 2 is 2.03 bits per heavy atom. The molecule has 1 saturated heterocycles. The first kappa shape index (κ1) is 23.2. The SMILES string of the molecule is CCOC(=O)[C@H](C(=O)[C@@H]1CCCN1C(=O)OC(C)(C)C)n1cc2c(F)cc(Br)cc2n1. The largest absolute Gasteiger partial charge is 0.464 e. The number of amides is 1. The lowest BCUT2D eigenvalue weighted by Gasteiger charge is -2.29. The maximum atomic E-state index is 14.3. The van der Waals surface area contributed by atoms with Crippen molar-refractivity contribution in [2.75, 3.05) is 13.2 Å². The molecule has 0 aliphatic carbocycles. The normalized spacial score (nSPS) is 17.6. The van der Waals surface area contributed by atoms with E-state index in [0.29, 0.717) is 23.9 Å². The van der Waals surface area contributed by atoms with Gasteiger partial charge in [-0.2, -0.15) is 5.10 Å². The van der Waals surface area contributed by atoms with Crippen LogP contribution in [0.5, 0.6) is 0 Å². The molecule has 1 aromatic carbocycles. The van der Waals surface area contributed by atoms with Crippen LogP contribution in [0.15, 0.2) is 22.8 Å². The van der Waals surface area contributed by atoms with E-state index in [9.17, 15) is 18.8 Å². The van der Waals surface area contributed by atoms with E-state index in [0.717, 1.165) is 4.68 Å². The molecule has 0 radical (unpaired) electrons. The van der Waals surface area contributed by atoms with Gasteiger partial charge in [0.1, 0.15) is 11.4 Å². The molecule has 10 heteroatoms. The zero-order valence-electron chi connectivity index (χ0n) is 17.9. The second-order valence-electron chi connectivity index (χ2n) is 8.32. The average Bonchev–Trinajstić information content (AvgIpc) is 3.27. The van der Waals surface area contributed by atoms with Gasteiger partial charge in [-0.3, -0.25) is 9.69 Å². The summed E-state index contributed by atoms with van der Waals surface area (Å²) < 4.78 is 26.5. The Morgan fingerprint density at radius 3 is 2.68 bits per heavy atom. The fraction of sp³-hybridized carbons (Fsp3) is 0.524. The van der Waals surface area contributed by atoms with Gasteiger partial charge in [0.2, 0.25) is 6.04 Å². The van der Waals surface area contributed by atoms with E-state index < -0.39 is 41.3 Å². The molecule has 2 heterocycles. The first-order valence-corrected chi connectivity index (χ1v) is 10.8. The van der Waals surface area contributed by atoms with Crippen LogP contribution in [0.3, 0.4) is 0 Å². The smallest absolute Gasteiger partial charge is 0.410 e. The van der Waals surface area contributed by atoms with Crippen LogP contribution >= 0.6 is 15.9 Å². The van der Waals surface area contributed by atoms with E-state index >= 15 is 0 Å². The topological polar surface area (TPSA) is 90.7 Å². The van der Waals surface area contributed by atoms with Crippen molar-refractivity contribution in [3.8, 4) is 0 Å². The van der Waals surface area contributed by atoms with Gasteiger partial charge in [-0.25, -0.2) is 18.7 Å². The molecule has 0 bridgehead atoms. The number of esters is 1. The summed E-state index contributed by atoms with van der Waals surface area (Å²) in [6.07, 6.45) is 1.66. The summed E-state index contributed by atoms with van der Waals surface area (Å²) >= 11 is 3.21. The lowest BCUT2D eigenvalue weighted by Crippen LogP contribution is -2.47. The van der Waals surface area contributed by atoms with E-state index in [1.54, 1.807) is 33.8 Å². The Kier molecular flexibility index (Phi) is 6.68. The molecule has 0 N–H and O–H groups in total. The number of nitrogens with zero attached hydrogens (tertiary/aromatic N) is 3. The maximum absolute atomic E-state index is 14.3. The second kappa shape index (κ2) is 8.94. The third kappa shape index (κ3) is 5.06. The molecule has 2 aromatic rings. The van der Waals surface area contributed by atoms with Gasteiger partial charge in [0.05, 0.1) is 23.6 Å². The lowest BCUT2D eigenvalue weighted by molar-refractivity contribution is -0.152. The number of ether oxygens (including phenoxy) is 2. The van der Waals surface area contributed by atoms with Gasteiger partial charge in [0.25, 0.3) is 0 Å². The number of ketones is 1. The Labute approximate surface area is 187 Å². The predicted octanol–water partition coefficient (Wildman–Crippen LogP) is 4.01. The van der Waals surface area contributed by atoms with Gasteiger partial charge < -0.3 is 9.47 Å². The number of rotatable bonds is 5. The van der Waals surface area contributed by atoms with Crippen molar-refractivity contribution in [2.24, 2.45) is 0 Å². The van der Waals surface area contributed by atoms with Crippen molar-refractivity contribution in [3.05, 3.63) is 28.6 Å². The number of hydrogen-bond donors (Lipinski definition) is 0. The molecular weight excluding hydrogens is 473 g/mol. The highest BCUT2D eigenvalue weighted by Gasteiger charge is 2.43. The molecule has 0 unspecified atom stereocenters. The first-order chi connectivity index (χ1) is 14.5. The highest BCUT2D eigenvalue weighted by molar-refractivity contribution is 9.10. The molecule has 2 atom stereocenters. The average molecular weight is 498 g/mol. The Morgan fingerprint density at radius 1 is 1.32 bits per heavy atom. The molecule has 1 aliphatic rings. The first-order valence-electron chi connectivity index (χ1n) is 10.1. The predicted molar refractivity (Wildman–Crippen MR) is 114 cm³/mol. The van der Waals surface area contributed by atoms with E-state index in [-0.39, 0.29) is 17.5 Å². The number of likely N-dealkylation sites (tertiary alicyclic amines) is 1. The molecule has 168 valence electrons. The van der Waals surface area contributed by atoms with Crippen LogP contribution in [0.2, 0.25) is 0 Å². The zero-order valence-corrected chi connectivity index (χ0v) is 19.4. The number of Topliss-reactive ketones (excluding diaryl/α,β-unsaturated/α-hetero) is 1. The van der Waals surface area contributed by atoms with Crippen molar-refractivity contribution in [2.45, 2.75) is 58.2 Å². The molecule has 31 heavy (non-hydrogen) atoms. The standard InChI is InChI=1S/C21H25BrFN3O5/c1-5-30-19(28)17(26-11-13-14(23)9-12(22)10-15(13)24-26)18(27)16-7-6-8-25(16)20(29)31-21(2,3)4/h9-11,16-17H,5-8H2,1-4H3/t16-,17-/m0/s1. The maximum Gasteiger partial charge on any atom is 0.410 e. The van der Waals surface area contributed by atoms with E-state index in [4.69, 9.17) is 9.47 Å². The van der Waals surface area contributed by atoms with Crippen LogP contribution in [0.1, 0.15) is 46.6 Å². The summed E-state index contributed by atoms with van der Waals surface area (Å²) in [6, 6.07) is 0.549. The molecule has 8 nitrogen and oxygen atoms in total. The van der Waals surface area contributed by atoms with Crippen LogP contribution in [0.25, 0.3) is 10.9 Å². The number of halogens is 2. The molecule has 1 aromatic heterocycles. The molecular formula is C21H25BrFN3O5. The number of carbonyl (C=O) groups excluding carboxylic acids is 3. The number of aromatic nitrogens is 2. The second-order valence-corrected chi connectivity index (χ2v) is 9.23. The summed E-state index contributed by atoms with van der Waals surface area (Å²) in [5, 5.41) is 4.42. The van der Waals surface area contributed by atoms with E-state index in [1.165, 1.54) is 17.2 Å². The van der Waals surface area contributed by atoms with Crippen molar-refractivity contribution >= 4 is 44.7 Å².